The summed E-state index contributed by atoms with van der Waals surface area (Å²) >= 11 is 0. The largest absolute Gasteiger partial charge is 0.489 e. The van der Waals surface area contributed by atoms with E-state index in [9.17, 15) is 19.2 Å². The SMILES string of the molecule is O=C1NC(=O)N(c2ccc(OCc3ccccc3)cc2)C(=O)/C1=C\c1ccccc1OCc1ccc(C(=O)O)cc1. The Morgan fingerprint density at radius 1 is 0.756 bits per heavy atom. The molecule has 4 aromatic carbocycles. The Morgan fingerprint density at radius 3 is 2.10 bits per heavy atom. The van der Waals surface area contributed by atoms with Gasteiger partial charge in [-0.1, -0.05) is 60.7 Å². The highest BCUT2D eigenvalue weighted by atomic mass is 16.5. The maximum atomic E-state index is 13.4. The fourth-order valence-corrected chi connectivity index (χ4v) is 4.12. The van der Waals surface area contributed by atoms with Crippen LogP contribution in [0.25, 0.3) is 6.08 Å². The molecule has 0 aliphatic carbocycles. The molecule has 0 atom stereocenters. The molecule has 9 heteroatoms. The van der Waals surface area contributed by atoms with E-state index in [-0.39, 0.29) is 23.4 Å². The molecular weight excluding hydrogens is 524 g/mol. The van der Waals surface area contributed by atoms with Crippen molar-refractivity contribution >= 4 is 35.6 Å². The van der Waals surface area contributed by atoms with E-state index >= 15 is 0 Å². The third-order valence-corrected chi connectivity index (χ3v) is 6.26. The molecule has 204 valence electrons. The summed E-state index contributed by atoms with van der Waals surface area (Å²) in [5.41, 5.74) is 2.37. The molecule has 41 heavy (non-hydrogen) atoms. The molecule has 1 heterocycles. The number of carbonyl (C=O) groups excluding carboxylic acids is 3. The van der Waals surface area contributed by atoms with E-state index in [4.69, 9.17) is 14.6 Å². The molecular formula is C32H24N2O7. The van der Waals surface area contributed by atoms with E-state index in [0.29, 0.717) is 23.7 Å². The number of carbonyl (C=O) groups is 4. The summed E-state index contributed by atoms with van der Waals surface area (Å²) in [7, 11) is 0. The van der Waals surface area contributed by atoms with Gasteiger partial charge in [-0.15, -0.1) is 0 Å². The molecule has 1 saturated heterocycles. The van der Waals surface area contributed by atoms with E-state index in [1.165, 1.54) is 18.2 Å². The highest BCUT2D eigenvalue weighted by Gasteiger charge is 2.37. The van der Waals surface area contributed by atoms with Crippen LogP contribution in [0.4, 0.5) is 10.5 Å². The Morgan fingerprint density at radius 2 is 1.39 bits per heavy atom. The van der Waals surface area contributed by atoms with Crippen molar-refractivity contribution in [2.24, 2.45) is 0 Å². The molecule has 1 fully saturated rings. The van der Waals surface area contributed by atoms with Crippen LogP contribution in [0.5, 0.6) is 11.5 Å². The van der Waals surface area contributed by atoms with Gasteiger partial charge in [0.1, 0.15) is 30.3 Å². The molecule has 0 unspecified atom stereocenters. The van der Waals surface area contributed by atoms with Gasteiger partial charge in [0, 0.05) is 5.56 Å². The number of benzene rings is 4. The summed E-state index contributed by atoms with van der Waals surface area (Å²) in [5.74, 6) is -1.68. The summed E-state index contributed by atoms with van der Waals surface area (Å²) in [6, 6.07) is 28.3. The van der Waals surface area contributed by atoms with Gasteiger partial charge in [0.25, 0.3) is 11.8 Å². The summed E-state index contributed by atoms with van der Waals surface area (Å²) in [5, 5.41) is 11.3. The zero-order valence-electron chi connectivity index (χ0n) is 21.7. The number of ether oxygens (including phenoxy) is 2. The fraction of sp³-hybridized carbons (Fsp3) is 0.0625. The number of carboxylic acids is 1. The highest BCUT2D eigenvalue weighted by Crippen LogP contribution is 2.27. The molecule has 0 spiro atoms. The van der Waals surface area contributed by atoms with Crippen LogP contribution in [-0.2, 0) is 22.8 Å². The molecule has 1 aliphatic heterocycles. The predicted octanol–water partition coefficient (Wildman–Crippen LogP) is 5.21. The second-order valence-corrected chi connectivity index (χ2v) is 9.05. The van der Waals surface area contributed by atoms with Crippen molar-refractivity contribution in [2.45, 2.75) is 13.2 Å². The molecule has 4 aromatic rings. The first-order valence-electron chi connectivity index (χ1n) is 12.6. The monoisotopic (exact) mass is 548 g/mol. The Balaban J connectivity index is 1.32. The third kappa shape index (κ3) is 6.31. The zero-order valence-corrected chi connectivity index (χ0v) is 21.7. The van der Waals surface area contributed by atoms with Crippen molar-refractivity contribution in [1.29, 1.82) is 0 Å². The number of nitrogens with zero attached hydrogens (tertiary/aromatic N) is 1. The number of urea groups is 1. The van der Waals surface area contributed by atoms with Crippen molar-refractivity contribution < 1.29 is 33.8 Å². The van der Waals surface area contributed by atoms with Gasteiger partial charge in [-0.2, -0.15) is 0 Å². The smallest absolute Gasteiger partial charge is 0.335 e. The number of amides is 4. The maximum Gasteiger partial charge on any atom is 0.335 e. The molecule has 4 amide bonds. The van der Waals surface area contributed by atoms with E-state index < -0.39 is 23.8 Å². The lowest BCUT2D eigenvalue weighted by Gasteiger charge is -2.26. The lowest BCUT2D eigenvalue weighted by Crippen LogP contribution is -2.54. The van der Waals surface area contributed by atoms with Gasteiger partial charge in [-0.05, 0) is 59.7 Å². The quantitative estimate of drug-likeness (QED) is 0.218. The lowest BCUT2D eigenvalue weighted by molar-refractivity contribution is -0.122. The minimum Gasteiger partial charge on any atom is -0.489 e. The molecule has 0 saturated carbocycles. The maximum absolute atomic E-state index is 13.4. The minimum absolute atomic E-state index is 0.129. The first-order chi connectivity index (χ1) is 19.9. The molecule has 9 nitrogen and oxygen atoms in total. The van der Waals surface area contributed by atoms with Crippen molar-refractivity contribution in [3.8, 4) is 11.5 Å². The molecule has 5 rings (SSSR count). The van der Waals surface area contributed by atoms with Crippen LogP contribution in [0, 0.1) is 0 Å². The summed E-state index contributed by atoms with van der Waals surface area (Å²) in [6.45, 7) is 0.489. The Kier molecular flexibility index (Phi) is 7.87. The van der Waals surface area contributed by atoms with Gasteiger partial charge in [0.2, 0.25) is 0 Å². The number of hydrogen-bond acceptors (Lipinski definition) is 6. The number of imide groups is 2. The average Bonchev–Trinajstić information content (AvgIpc) is 2.99. The van der Waals surface area contributed by atoms with Crippen molar-refractivity contribution in [3.63, 3.8) is 0 Å². The van der Waals surface area contributed by atoms with E-state index in [1.807, 2.05) is 30.3 Å². The Bertz CT molecular complexity index is 1630. The van der Waals surface area contributed by atoms with Crippen LogP contribution in [-0.4, -0.2) is 28.9 Å². The van der Waals surface area contributed by atoms with E-state index in [2.05, 4.69) is 5.32 Å². The average molecular weight is 549 g/mol. The summed E-state index contributed by atoms with van der Waals surface area (Å²) < 4.78 is 11.7. The lowest BCUT2D eigenvalue weighted by atomic mass is 10.1. The topological polar surface area (TPSA) is 122 Å². The second-order valence-electron chi connectivity index (χ2n) is 9.05. The fourth-order valence-electron chi connectivity index (χ4n) is 4.12. The number of barbiturate groups is 1. The Hall–Kier alpha value is -5.70. The van der Waals surface area contributed by atoms with Crippen LogP contribution in [0.3, 0.4) is 0 Å². The van der Waals surface area contributed by atoms with Gasteiger partial charge in [0.15, 0.2) is 0 Å². The number of para-hydroxylation sites is 1. The Labute approximate surface area is 235 Å². The molecule has 0 aromatic heterocycles. The molecule has 0 radical (unpaired) electrons. The number of anilines is 1. The van der Waals surface area contributed by atoms with Crippen LogP contribution >= 0.6 is 0 Å². The third-order valence-electron chi connectivity index (χ3n) is 6.26. The number of hydrogen-bond donors (Lipinski definition) is 2. The van der Waals surface area contributed by atoms with Crippen LogP contribution in [0.1, 0.15) is 27.0 Å². The van der Waals surface area contributed by atoms with Gasteiger partial charge < -0.3 is 14.6 Å². The van der Waals surface area contributed by atoms with Gasteiger partial charge in [-0.3, -0.25) is 14.9 Å². The predicted molar refractivity (Wildman–Crippen MR) is 150 cm³/mol. The molecule has 2 N–H and O–H groups in total. The number of aromatic carboxylic acids is 1. The highest BCUT2D eigenvalue weighted by molar-refractivity contribution is 6.39. The van der Waals surface area contributed by atoms with Gasteiger partial charge in [-0.25, -0.2) is 14.5 Å². The first-order valence-corrected chi connectivity index (χ1v) is 12.6. The summed E-state index contributed by atoms with van der Waals surface area (Å²) in [4.78, 5) is 50.7. The van der Waals surface area contributed by atoms with Gasteiger partial charge >= 0.3 is 12.0 Å². The van der Waals surface area contributed by atoms with Gasteiger partial charge in [0.05, 0.1) is 11.3 Å². The zero-order chi connectivity index (χ0) is 28.8. The number of carboxylic acid groups (broad SMARTS) is 1. The number of nitrogens with one attached hydrogen (secondary N) is 1. The van der Waals surface area contributed by atoms with Crippen molar-refractivity contribution in [3.05, 3.63) is 131 Å². The van der Waals surface area contributed by atoms with Crippen LogP contribution < -0.4 is 19.7 Å². The standard InChI is InChI=1S/C32H24N2O7/c35-29-27(18-24-8-4-5-9-28(24)41-20-22-10-12-23(13-11-22)31(37)38)30(36)34(32(39)33-29)25-14-16-26(17-15-25)40-19-21-6-2-1-3-7-21/h1-18H,19-20H2,(H,37,38)(H,33,35,39)/b27-18-. The van der Waals surface area contributed by atoms with Crippen LogP contribution in [0.2, 0.25) is 0 Å². The minimum atomic E-state index is -1.02. The molecule has 1 aliphatic rings. The summed E-state index contributed by atoms with van der Waals surface area (Å²) in [6.07, 6.45) is 1.37. The van der Waals surface area contributed by atoms with Crippen molar-refractivity contribution in [1.82, 2.24) is 5.32 Å². The number of rotatable bonds is 9. The van der Waals surface area contributed by atoms with Crippen molar-refractivity contribution in [2.75, 3.05) is 4.90 Å². The second kappa shape index (κ2) is 12.0. The van der Waals surface area contributed by atoms with E-state index in [1.54, 1.807) is 60.7 Å². The first kappa shape index (κ1) is 26.9. The molecule has 0 bridgehead atoms. The van der Waals surface area contributed by atoms with E-state index in [0.717, 1.165) is 16.0 Å². The normalized spacial score (nSPS) is 14.1. The van der Waals surface area contributed by atoms with Crippen LogP contribution in [0.15, 0.2) is 109 Å².